The molecule has 0 saturated heterocycles. The zero-order valence-electron chi connectivity index (χ0n) is 11.5. The second-order valence-corrected chi connectivity index (χ2v) is 6.74. The minimum atomic E-state index is -0.0410. The first-order chi connectivity index (χ1) is 8.26. The Labute approximate surface area is 120 Å². The molecule has 1 rings (SSSR count). The lowest BCUT2D eigenvalue weighted by molar-refractivity contribution is -0.123. The Kier molecular flexibility index (Phi) is 5.50. The average Bonchev–Trinajstić information content (AvgIpc) is 2.74. The third kappa shape index (κ3) is 4.15. The maximum atomic E-state index is 12.0. The SMILES string of the molecule is CN(C)CCCNC(=O)C1C(C=C(Cl)Cl)C1(C)C. The Bertz CT molecular complexity index is 336. The molecule has 0 aromatic rings. The van der Waals surface area contributed by atoms with E-state index in [0.717, 1.165) is 13.0 Å². The van der Waals surface area contributed by atoms with Crippen molar-refractivity contribution in [2.45, 2.75) is 20.3 Å². The van der Waals surface area contributed by atoms with Crippen molar-refractivity contribution in [2.75, 3.05) is 27.2 Å². The van der Waals surface area contributed by atoms with Gasteiger partial charge in [-0.3, -0.25) is 4.79 Å². The first-order valence-corrected chi connectivity index (χ1v) is 6.97. The minimum Gasteiger partial charge on any atom is -0.356 e. The van der Waals surface area contributed by atoms with Crippen molar-refractivity contribution >= 4 is 29.1 Å². The van der Waals surface area contributed by atoms with E-state index in [-0.39, 0.29) is 27.6 Å². The van der Waals surface area contributed by atoms with Crippen molar-refractivity contribution in [3.05, 3.63) is 10.6 Å². The van der Waals surface area contributed by atoms with Gasteiger partial charge in [0.25, 0.3) is 0 Å². The van der Waals surface area contributed by atoms with Gasteiger partial charge in [0.05, 0.1) is 5.92 Å². The van der Waals surface area contributed by atoms with Gasteiger partial charge in [0.2, 0.25) is 5.91 Å². The lowest BCUT2D eigenvalue weighted by Gasteiger charge is -2.10. The molecule has 2 atom stereocenters. The molecule has 0 aromatic heterocycles. The Morgan fingerprint density at radius 1 is 1.39 bits per heavy atom. The highest BCUT2D eigenvalue weighted by Crippen LogP contribution is 2.59. The van der Waals surface area contributed by atoms with E-state index in [4.69, 9.17) is 23.2 Å². The Hall–Kier alpha value is -0.250. The molecule has 1 fully saturated rings. The fourth-order valence-electron chi connectivity index (χ4n) is 2.34. The van der Waals surface area contributed by atoms with Crippen LogP contribution in [0.3, 0.4) is 0 Å². The van der Waals surface area contributed by atoms with Crippen LogP contribution in [0.2, 0.25) is 0 Å². The van der Waals surface area contributed by atoms with Gasteiger partial charge in [0.15, 0.2) is 0 Å². The number of hydrogen-bond donors (Lipinski definition) is 1. The molecule has 0 heterocycles. The van der Waals surface area contributed by atoms with E-state index in [9.17, 15) is 4.79 Å². The van der Waals surface area contributed by atoms with Crippen LogP contribution >= 0.6 is 23.2 Å². The molecule has 1 amide bonds. The largest absolute Gasteiger partial charge is 0.356 e. The Morgan fingerprint density at radius 3 is 2.50 bits per heavy atom. The number of carbonyl (C=O) groups excluding carboxylic acids is 1. The molecule has 2 unspecified atom stereocenters. The molecule has 5 heteroatoms. The summed E-state index contributed by atoms with van der Waals surface area (Å²) in [6, 6.07) is 0. The molecule has 1 aliphatic carbocycles. The molecule has 1 saturated carbocycles. The van der Waals surface area contributed by atoms with Gasteiger partial charge in [-0.15, -0.1) is 0 Å². The monoisotopic (exact) mass is 292 g/mol. The summed E-state index contributed by atoms with van der Waals surface area (Å²) in [5.74, 6) is 0.246. The molecule has 3 nitrogen and oxygen atoms in total. The van der Waals surface area contributed by atoms with Crippen LogP contribution in [-0.4, -0.2) is 38.0 Å². The zero-order valence-corrected chi connectivity index (χ0v) is 13.0. The number of carbonyl (C=O) groups is 1. The number of hydrogen-bond acceptors (Lipinski definition) is 2. The maximum Gasteiger partial charge on any atom is 0.224 e. The van der Waals surface area contributed by atoms with Crippen LogP contribution < -0.4 is 5.32 Å². The fourth-order valence-corrected chi connectivity index (χ4v) is 2.61. The molecular weight excluding hydrogens is 271 g/mol. The van der Waals surface area contributed by atoms with Crippen molar-refractivity contribution in [1.82, 2.24) is 10.2 Å². The van der Waals surface area contributed by atoms with Gasteiger partial charge >= 0.3 is 0 Å². The maximum absolute atomic E-state index is 12.0. The molecule has 0 aliphatic heterocycles. The number of halogens is 2. The molecule has 0 radical (unpaired) electrons. The van der Waals surface area contributed by atoms with Gasteiger partial charge in [-0.1, -0.05) is 37.0 Å². The van der Waals surface area contributed by atoms with E-state index in [0.29, 0.717) is 6.54 Å². The summed E-state index contributed by atoms with van der Waals surface area (Å²) in [6.45, 7) is 5.82. The highest BCUT2D eigenvalue weighted by atomic mass is 35.5. The topological polar surface area (TPSA) is 32.3 Å². The standard InChI is InChI=1S/C13H22Cl2N2O/c1-13(2)9(8-10(14)15)11(13)12(18)16-6-5-7-17(3)4/h8-9,11H,5-7H2,1-4H3,(H,16,18). The third-order valence-corrected chi connectivity index (χ3v) is 3.83. The van der Waals surface area contributed by atoms with E-state index in [1.807, 2.05) is 14.1 Å². The molecule has 0 spiro atoms. The van der Waals surface area contributed by atoms with Crippen molar-refractivity contribution in [3.8, 4) is 0 Å². The highest BCUT2D eigenvalue weighted by molar-refractivity contribution is 6.55. The normalized spacial score (nSPS) is 24.8. The number of allylic oxidation sites excluding steroid dienone is 1. The smallest absolute Gasteiger partial charge is 0.224 e. The van der Waals surface area contributed by atoms with Crippen molar-refractivity contribution in [3.63, 3.8) is 0 Å². The van der Waals surface area contributed by atoms with E-state index in [1.54, 1.807) is 6.08 Å². The van der Waals surface area contributed by atoms with Crippen LogP contribution in [0.25, 0.3) is 0 Å². The first kappa shape index (κ1) is 15.8. The van der Waals surface area contributed by atoms with Crippen LogP contribution in [0, 0.1) is 17.3 Å². The van der Waals surface area contributed by atoms with Gasteiger partial charge < -0.3 is 10.2 Å². The lowest BCUT2D eigenvalue weighted by Crippen LogP contribution is -2.29. The van der Waals surface area contributed by atoms with Crippen LogP contribution in [0.1, 0.15) is 20.3 Å². The van der Waals surface area contributed by atoms with Gasteiger partial charge in [-0.25, -0.2) is 0 Å². The van der Waals surface area contributed by atoms with Gasteiger partial charge in [0.1, 0.15) is 4.49 Å². The van der Waals surface area contributed by atoms with Crippen LogP contribution in [0.15, 0.2) is 10.6 Å². The Balaban J connectivity index is 2.37. The summed E-state index contributed by atoms with van der Waals surface area (Å²) >= 11 is 11.3. The summed E-state index contributed by atoms with van der Waals surface area (Å²) in [5.41, 5.74) is -0.0410. The van der Waals surface area contributed by atoms with E-state index >= 15 is 0 Å². The second kappa shape index (κ2) is 6.27. The fraction of sp³-hybridized carbons (Fsp3) is 0.769. The molecular formula is C13H22Cl2N2O. The number of rotatable bonds is 6. The lowest BCUT2D eigenvalue weighted by atomic mass is 10.1. The molecule has 0 aromatic carbocycles. The van der Waals surface area contributed by atoms with Crippen molar-refractivity contribution in [2.24, 2.45) is 17.3 Å². The van der Waals surface area contributed by atoms with Crippen LogP contribution in [0.5, 0.6) is 0 Å². The molecule has 1 aliphatic rings. The second-order valence-electron chi connectivity index (χ2n) is 5.73. The summed E-state index contributed by atoms with van der Waals surface area (Å²) in [5, 5.41) is 2.98. The summed E-state index contributed by atoms with van der Waals surface area (Å²) in [6.07, 6.45) is 2.73. The van der Waals surface area contributed by atoms with Crippen LogP contribution in [-0.2, 0) is 4.79 Å². The average molecular weight is 293 g/mol. The van der Waals surface area contributed by atoms with E-state index in [1.165, 1.54) is 0 Å². The van der Waals surface area contributed by atoms with Gasteiger partial charge in [-0.2, -0.15) is 0 Å². The number of nitrogens with zero attached hydrogens (tertiary/aromatic N) is 1. The van der Waals surface area contributed by atoms with Crippen molar-refractivity contribution < 1.29 is 4.79 Å². The Morgan fingerprint density at radius 2 is 2.00 bits per heavy atom. The minimum absolute atomic E-state index is 0.00986. The van der Waals surface area contributed by atoms with Gasteiger partial charge in [-0.05, 0) is 44.5 Å². The van der Waals surface area contributed by atoms with E-state index in [2.05, 4.69) is 24.1 Å². The molecule has 0 bridgehead atoms. The van der Waals surface area contributed by atoms with Crippen LogP contribution in [0.4, 0.5) is 0 Å². The number of amides is 1. The molecule has 104 valence electrons. The predicted molar refractivity (Wildman–Crippen MR) is 76.7 cm³/mol. The van der Waals surface area contributed by atoms with Crippen molar-refractivity contribution in [1.29, 1.82) is 0 Å². The molecule has 1 N–H and O–H groups in total. The summed E-state index contributed by atoms with van der Waals surface area (Å²) in [7, 11) is 4.05. The predicted octanol–water partition coefficient (Wildman–Crippen LogP) is 2.65. The quantitative estimate of drug-likeness (QED) is 0.764. The van der Waals surface area contributed by atoms with E-state index < -0.39 is 0 Å². The molecule has 18 heavy (non-hydrogen) atoms. The zero-order chi connectivity index (χ0) is 13.9. The number of nitrogens with one attached hydrogen (secondary N) is 1. The van der Waals surface area contributed by atoms with Gasteiger partial charge in [0, 0.05) is 6.54 Å². The first-order valence-electron chi connectivity index (χ1n) is 6.22. The third-order valence-electron chi connectivity index (χ3n) is 3.58. The summed E-state index contributed by atoms with van der Waals surface area (Å²) < 4.78 is 0.246. The summed E-state index contributed by atoms with van der Waals surface area (Å²) in [4.78, 5) is 14.1. The highest BCUT2D eigenvalue weighted by Gasteiger charge is 2.60.